The molecule has 30 heavy (non-hydrogen) atoms. The van der Waals surface area contributed by atoms with E-state index in [9.17, 15) is 4.79 Å². The number of amides is 1. The van der Waals surface area contributed by atoms with E-state index in [1.807, 2.05) is 12.1 Å². The molecule has 0 fully saturated rings. The molecule has 2 rings (SSSR count). The summed E-state index contributed by atoms with van der Waals surface area (Å²) in [4.78, 5) is 12.6. The average Bonchev–Trinajstić information content (AvgIpc) is 2.76. The molecule has 0 saturated carbocycles. The van der Waals surface area contributed by atoms with Gasteiger partial charge in [-0.05, 0) is 47.9 Å². The van der Waals surface area contributed by atoms with Gasteiger partial charge in [-0.3, -0.25) is 4.79 Å². The fourth-order valence-electron chi connectivity index (χ4n) is 2.68. The maximum atomic E-state index is 12.6. The van der Waals surface area contributed by atoms with Gasteiger partial charge in [0.15, 0.2) is 17.6 Å². The number of ether oxygens (including phenoxy) is 3. The van der Waals surface area contributed by atoms with E-state index in [2.05, 4.69) is 11.2 Å². The van der Waals surface area contributed by atoms with Crippen LogP contribution in [-0.2, 0) is 16.0 Å². The quantitative estimate of drug-likeness (QED) is 0.419. The van der Waals surface area contributed by atoms with Crippen molar-refractivity contribution in [3.63, 3.8) is 0 Å². The Hall–Kier alpha value is -3.14. The first kappa shape index (κ1) is 23.1. The Balaban J connectivity index is 1.97. The molecule has 158 valence electrons. The van der Waals surface area contributed by atoms with Crippen LogP contribution in [0, 0.1) is 12.3 Å². The summed E-state index contributed by atoms with van der Waals surface area (Å²) >= 11 is 5.92. The zero-order chi connectivity index (χ0) is 21.8. The van der Waals surface area contributed by atoms with Crippen LogP contribution in [0.4, 0.5) is 0 Å². The number of terminal acetylenes is 1. The molecule has 6 nitrogen and oxygen atoms in total. The summed E-state index contributed by atoms with van der Waals surface area (Å²) in [6, 6.07) is 12.4. The number of aliphatic hydroxyl groups is 1. The number of hydrogen-bond acceptors (Lipinski definition) is 5. The van der Waals surface area contributed by atoms with Crippen molar-refractivity contribution in [1.29, 1.82) is 0 Å². The number of aliphatic hydroxyl groups excluding tert-OH is 1. The van der Waals surface area contributed by atoms with E-state index in [-0.39, 0.29) is 19.1 Å². The van der Waals surface area contributed by atoms with Gasteiger partial charge in [0, 0.05) is 11.6 Å². The molecule has 0 bridgehead atoms. The van der Waals surface area contributed by atoms with Crippen molar-refractivity contribution in [2.75, 3.05) is 26.9 Å². The fourth-order valence-corrected chi connectivity index (χ4v) is 2.81. The van der Waals surface area contributed by atoms with E-state index >= 15 is 0 Å². The number of carbonyl (C=O) groups excluding carboxylic acids is 1. The molecule has 2 aromatic carbocycles. The molecule has 2 N–H and O–H groups in total. The summed E-state index contributed by atoms with van der Waals surface area (Å²) in [5.74, 6) is 3.23. The second-order valence-corrected chi connectivity index (χ2v) is 6.61. The van der Waals surface area contributed by atoms with Crippen molar-refractivity contribution < 1.29 is 24.1 Å². The van der Waals surface area contributed by atoms with Crippen LogP contribution >= 0.6 is 11.6 Å². The standard InChI is InChI=1S/C23H24ClNO5/c1-3-14-30-22(18-6-8-19(24)9-7-18)23(27)25-12-11-17-5-10-20(21(16-17)28-2)29-15-4-13-26/h1,4-10,13,16,22,26H,11-12,14-15H2,2H3,(H,25,27)/b13-4+. The van der Waals surface area contributed by atoms with E-state index < -0.39 is 6.10 Å². The summed E-state index contributed by atoms with van der Waals surface area (Å²) in [5.41, 5.74) is 1.64. The molecule has 0 spiro atoms. The molecular weight excluding hydrogens is 406 g/mol. The molecule has 0 aromatic heterocycles. The van der Waals surface area contributed by atoms with Gasteiger partial charge in [0.2, 0.25) is 0 Å². The van der Waals surface area contributed by atoms with Gasteiger partial charge in [0.1, 0.15) is 13.2 Å². The third kappa shape index (κ3) is 7.03. The first-order valence-electron chi connectivity index (χ1n) is 9.26. The highest BCUT2D eigenvalue weighted by atomic mass is 35.5. The molecule has 0 aliphatic carbocycles. The SMILES string of the molecule is C#CCOC(C(=O)NCCc1ccc(OC/C=C/O)c(OC)c1)c1ccc(Cl)cc1. The third-order valence-corrected chi connectivity index (χ3v) is 4.38. The van der Waals surface area contributed by atoms with Crippen LogP contribution in [0.3, 0.4) is 0 Å². The fraction of sp³-hybridized carbons (Fsp3) is 0.261. The Kier molecular flexibility index (Phi) is 9.59. The average molecular weight is 430 g/mol. The smallest absolute Gasteiger partial charge is 0.253 e. The van der Waals surface area contributed by atoms with Crippen molar-refractivity contribution >= 4 is 17.5 Å². The topological polar surface area (TPSA) is 77.0 Å². The summed E-state index contributed by atoms with van der Waals surface area (Å²) in [5, 5.41) is 12.1. The molecule has 0 aliphatic rings. The van der Waals surface area contributed by atoms with E-state index in [0.29, 0.717) is 35.1 Å². The van der Waals surface area contributed by atoms with Gasteiger partial charge in [0.25, 0.3) is 5.91 Å². The van der Waals surface area contributed by atoms with Gasteiger partial charge in [-0.15, -0.1) is 6.42 Å². The lowest BCUT2D eigenvalue weighted by Crippen LogP contribution is -2.32. The van der Waals surface area contributed by atoms with Gasteiger partial charge >= 0.3 is 0 Å². The van der Waals surface area contributed by atoms with Crippen LogP contribution in [0.25, 0.3) is 0 Å². The summed E-state index contributed by atoms with van der Waals surface area (Å²) in [7, 11) is 1.55. The Morgan fingerprint density at radius 2 is 2.03 bits per heavy atom. The minimum Gasteiger partial charge on any atom is -0.516 e. The van der Waals surface area contributed by atoms with Crippen LogP contribution in [0.1, 0.15) is 17.2 Å². The lowest BCUT2D eigenvalue weighted by atomic mass is 10.1. The maximum absolute atomic E-state index is 12.6. The predicted molar refractivity (Wildman–Crippen MR) is 116 cm³/mol. The molecule has 0 heterocycles. The minimum absolute atomic E-state index is 0.0187. The van der Waals surface area contributed by atoms with Crippen LogP contribution in [0.15, 0.2) is 54.8 Å². The first-order valence-corrected chi connectivity index (χ1v) is 9.64. The zero-order valence-electron chi connectivity index (χ0n) is 16.6. The molecule has 0 aliphatic heterocycles. The highest BCUT2D eigenvalue weighted by Crippen LogP contribution is 2.28. The third-order valence-electron chi connectivity index (χ3n) is 4.13. The van der Waals surface area contributed by atoms with Gasteiger partial charge in [-0.25, -0.2) is 0 Å². The second-order valence-electron chi connectivity index (χ2n) is 6.17. The molecule has 1 atom stereocenters. The van der Waals surface area contributed by atoms with Crippen LogP contribution in [0.5, 0.6) is 11.5 Å². The molecule has 0 radical (unpaired) electrons. The van der Waals surface area contributed by atoms with E-state index in [1.54, 1.807) is 37.4 Å². The van der Waals surface area contributed by atoms with Gasteiger partial charge < -0.3 is 24.6 Å². The summed E-state index contributed by atoms with van der Waals surface area (Å²) in [6.45, 7) is 0.649. The highest BCUT2D eigenvalue weighted by Gasteiger charge is 2.21. The van der Waals surface area contributed by atoms with Crippen molar-refractivity contribution in [2.24, 2.45) is 0 Å². The molecule has 2 aromatic rings. The van der Waals surface area contributed by atoms with Crippen molar-refractivity contribution in [1.82, 2.24) is 5.32 Å². The van der Waals surface area contributed by atoms with E-state index in [1.165, 1.54) is 6.08 Å². The molecular formula is C23H24ClNO5. The Bertz CT molecular complexity index is 889. The molecule has 0 saturated heterocycles. The number of nitrogens with one attached hydrogen (secondary N) is 1. The number of rotatable bonds is 11. The largest absolute Gasteiger partial charge is 0.516 e. The second kappa shape index (κ2) is 12.4. The lowest BCUT2D eigenvalue weighted by Gasteiger charge is -2.17. The normalized spacial score (nSPS) is 11.6. The Morgan fingerprint density at radius 1 is 1.27 bits per heavy atom. The first-order chi connectivity index (χ1) is 14.6. The van der Waals surface area contributed by atoms with Crippen LogP contribution < -0.4 is 14.8 Å². The molecule has 1 unspecified atom stereocenters. The van der Waals surface area contributed by atoms with Crippen molar-refractivity contribution in [3.8, 4) is 23.8 Å². The minimum atomic E-state index is -0.816. The number of methoxy groups -OCH3 is 1. The van der Waals surface area contributed by atoms with E-state index in [4.69, 9.17) is 37.3 Å². The zero-order valence-corrected chi connectivity index (χ0v) is 17.4. The van der Waals surface area contributed by atoms with Crippen molar-refractivity contribution in [2.45, 2.75) is 12.5 Å². The highest BCUT2D eigenvalue weighted by molar-refractivity contribution is 6.30. The lowest BCUT2D eigenvalue weighted by molar-refractivity contribution is -0.132. The maximum Gasteiger partial charge on any atom is 0.253 e. The van der Waals surface area contributed by atoms with E-state index in [0.717, 1.165) is 11.8 Å². The number of halogens is 1. The van der Waals surface area contributed by atoms with Gasteiger partial charge in [-0.2, -0.15) is 0 Å². The number of hydrogen-bond donors (Lipinski definition) is 2. The number of benzene rings is 2. The predicted octanol–water partition coefficient (Wildman–Crippen LogP) is 3.85. The molecule has 7 heteroatoms. The molecule has 1 amide bonds. The van der Waals surface area contributed by atoms with Crippen LogP contribution in [0.2, 0.25) is 5.02 Å². The Labute approximate surface area is 181 Å². The van der Waals surface area contributed by atoms with Gasteiger partial charge in [-0.1, -0.05) is 35.7 Å². The van der Waals surface area contributed by atoms with Gasteiger partial charge in [0.05, 0.1) is 13.4 Å². The summed E-state index contributed by atoms with van der Waals surface area (Å²) < 4.78 is 16.4. The van der Waals surface area contributed by atoms with Crippen molar-refractivity contribution in [3.05, 3.63) is 71.0 Å². The number of carbonyl (C=O) groups is 1. The Morgan fingerprint density at radius 3 is 2.70 bits per heavy atom. The summed E-state index contributed by atoms with van der Waals surface area (Å²) in [6.07, 6.45) is 7.43. The monoisotopic (exact) mass is 429 g/mol. The van der Waals surface area contributed by atoms with Crippen LogP contribution in [-0.4, -0.2) is 37.9 Å².